The molecule has 0 aliphatic heterocycles. The minimum atomic E-state index is -0.198. The molecule has 2 rings (SSSR count). The first kappa shape index (κ1) is 14.0. The van der Waals surface area contributed by atoms with Crippen LogP contribution in [0, 0.1) is 3.57 Å². The molecule has 0 bridgehead atoms. The van der Waals surface area contributed by atoms with Gasteiger partial charge in [-0.3, -0.25) is 4.79 Å². The standard InChI is InChI=1S/C14H15IN2O2/c1-14(2,3)11-10(15)13(19)17-12(16-11)8-4-6-9(18)7-5-8/h4-7,18H,1-3H3,(H,16,17,19). The first-order valence-corrected chi connectivity index (χ1v) is 6.96. The van der Waals surface area contributed by atoms with Crippen molar-refractivity contribution in [1.82, 2.24) is 9.97 Å². The number of nitrogens with one attached hydrogen (secondary N) is 1. The van der Waals surface area contributed by atoms with E-state index in [-0.39, 0.29) is 16.7 Å². The van der Waals surface area contributed by atoms with Crippen LogP contribution >= 0.6 is 22.6 Å². The maximum atomic E-state index is 12.0. The van der Waals surface area contributed by atoms with Crippen LogP contribution in [0.2, 0.25) is 0 Å². The first-order chi connectivity index (χ1) is 8.79. The lowest BCUT2D eigenvalue weighted by atomic mass is 9.92. The van der Waals surface area contributed by atoms with E-state index < -0.39 is 0 Å². The second kappa shape index (κ2) is 4.96. The molecule has 4 nitrogen and oxygen atoms in total. The Balaban J connectivity index is 2.63. The van der Waals surface area contributed by atoms with Crippen molar-refractivity contribution in [1.29, 1.82) is 0 Å². The fourth-order valence-electron chi connectivity index (χ4n) is 1.71. The molecular weight excluding hydrogens is 355 g/mol. The van der Waals surface area contributed by atoms with Crippen LogP contribution in [0.5, 0.6) is 5.75 Å². The number of phenolic OH excluding ortho intramolecular Hbond substituents is 1. The summed E-state index contributed by atoms with van der Waals surface area (Å²) in [7, 11) is 0. The van der Waals surface area contributed by atoms with E-state index in [9.17, 15) is 9.90 Å². The molecule has 5 heteroatoms. The van der Waals surface area contributed by atoms with Crippen molar-refractivity contribution < 1.29 is 5.11 Å². The third-order valence-corrected chi connectivity index (χ3v) is 3.71. The number of rotatable bonds is 1. The number of H-pyrrole nitrogens is 1. The van der Waals surface area contributed by atoms with Crippen LogP contribution in [0.1, 0.15) is 26.5 Å². The van der Waals surface area contributed by atoms with Crippen molar-refractivity contribution in [3.63, 3.8) is 0 Å². The zero-order valence-electron chi connectivity index (χ0n) is 11.0. The van der Waals surface area contributed by atoms with Crippen molar-refractivity contribution in [2.45, 2.75) is 26.2 Å². The van der Waals surface area contributed by atoms with Gasteiger partial charge in [-0.05, 0) is 46.9 Å². The monoisotopic (exact) mass is 370 g/mol. The minimum absolute atomic E-state index is 0.136. The summed E-state index contributed by atoms with van der Waals surface area (Å²) in [5.41, 5.74) is 1.22. The molecule has 0 fully saturated rings. The number of hydrogen-bond acceptors (Lipinski definition) is 3. The highest BCUT2D eigenvalue weighted by Gasteiger charge is 2.22. The Bertz CT molecular complexity index is 655. The van der Waals surface area contributed by atoms with Gasteiger partial charge in [0.2, 0.25) is 0 Å². The maximum Gasteiger partial charge on any atom is 0.264 e. The molecule has 0 unspecified atom stereocenters. The summed E-state index contributed by atoms with van der Waals surface area (Å²) >= 11 is 2.03. The minimum Gasteiger partial charge on any atom is -0.508 e. The molecule has 0 spiro atoms. The summed E-state index contributed by atoms with van der Waals surface area (Å²) in [6, 6.07) is 6.61. The summed E-state index contributed by atoms with van der Waals surface area (Å²) in [5, 5.41) is 9.29. The fraction of sp³-hybridized carbons (Fsp3) is 0.286. The van der Waals surface area contributed by atoms with Crippen molar-refractivity contribution in [3.8, 4) is 17.1 Å². The Kier molecular flexibility index (Phi) is 3.66. The van der Waals surface area contributed by atoms with Gasteiger partial charge >= 0.3 is 0 Å². The van der Waals surface area contributed by atoms with Crippen molar-refractivity contribution in [3.05, 3.63) is 43.9 Å². The maximum absolute atomic E-state index is 12.0. The van der Waals surface area contributed by atoms with Crippen LogP contribution in [0.15, 0.2) is 29.1 Å². The molecule has 2 aromatic rings. The zero-order chi connectivity index (χ0) is 14.2. The SMILES string of the molecule is CC(C)(C)c1nc(-c2ccc(O)cc2)[nH]c(=O)c1I. The molecule has 100 valence electrons. The highest BCUT2D eigenvalue weighted by Crippen LogP contribution is 2.25. The van der Waals surface area contributed by atoms with Gasteiger partial charge in [-0.1, -0.05) is 20.8 Å². The van der Waals surface area contributed by atoms with Crippen LogP contribution in [0.3, 0.4) is 0 Å². The number of benzene rings is 1. The Hall–Kier alpha value is -1.37. The number of phenols is 1. The Morgan fingerprint density at radius 2 is 1.79 bits per heavy atom. The lowest BCUT2D eigenvalue weighted by molar-refractivity contribution is 0.475. The van der Waals surface area contributed by atoms with Crippen molar-refractivity contribution in [2.75, 3.05) is 0 Å². The van der Waals surface area contributed by atoms with Crippen molar-refractivity contribution >= 4 is 22.6 Å². The van der Waals surface area contributed by atoms with Crippen LogP contribution in [-0.2, 0) is 5.41 Å². The highest BCUT2D eigenvalue weighted by molar-refractivity contribution is 14.1. The number of halogens is 1. The smallest absolute Gasteiger partial charge is 0.264 e. The van der Waals surface area contributed by atoms with E-state index in [2.05, 4.69) is 9.97 Å². The van der Waals surface area contributed by atoms with Crippen LogP contribution in [-0.4, -0.2) is 15.1 Å². The third-order valence-electron chi connectivity index (χ3n) is 2.71. The Morgan fingerprint density at radius 1 is 1.21 bits per heavy atom. The van der Waals surface area contributed by atoms with Crippen LogP contribution in [0.25, 0.3) is 11.4 Å². The zero-order valence-corrected chi connectivity index (χ0v) is 13.1. The number of nitrogens with zero attached hydrogens (tertiary/aromatic N) is 1. The molecule has 0 saturated carbocycles. The van der Waals surface area contributed by atoms with Gasteiger partial charge in [0.05, 0.1) is 5.69 Å². The second-order valence-electron chi connectivity index (χ2n) is 5.37. The van der Waals surface area contributed by atoms with Gasteiger partial charge in [0, 0.05) is 11.0 Å². The largest absolute Gasteiger partial charge is 0.508 e. The van der Waals surface area contributed by atoms with E-state index in [1.807, 2.05) is 43.4 Å². The third kappa shape index (κ3) is 2.97. The molecule has 0 amide bonds. The van der Waals surface area contributed by atoms with E-state index in [0.29, 0.717) is 9.39 Å². The van der Waals surface area contributed by atoms with Crippen LogP contribution in [0.4, 0.5) is 0 Å². The molecule has 1 aromatic carbocycles. The lowest BCUT2D eigenvalue weighted by Crippen LogP contribution is -2.24. The van der Waals surface area contributed by atoms with Crippen LogP contribution < -0.4 is 5.56 Å². The topological polar surface area (TPSA) is 66.0 Å². The molecule has 0 radical (unpaired) electrons. The van der Waals surface area contributed by atoms with E-state index in [1.54, 1.807) is 24.3 Å². The van der Waals surface area contributed by atoms with Crippen molar-refractivity contribution in [2.24, 2.45) is 0 Å². The summed E-state index contributed by atoms with van der Waals surface area (Å²) in [6.45, 7) is 6.08. The molecule has 2 N–H and O–H groups in total. The average Bonchev–Trinajstić information content (AvgIpc) is 2.32. The van der Waals surface area contributed by atoms with E-state index in [0.717, 1.165) is 11.3 Å². The highest BCUT2D eigenvalue weighted by atomic mass is 127. The summed E-state index contributed by atoms with van der Waals surface area (Å²) < 4.78 is 0.618. The van der Waals surface area contributed by atoms with Gasteiger partial charge in [0.15, 0.2) is 0 Å². The molecule has 1 aromatic heterocycles. The molecule has 19 heavy (non-hydrogen) atoms. The fourth-order valence-corrected chi connectivity index (χ4v) is 2.78. The molecule has 0 aliphatic rings. The van der Waals surface area contributed by atoms with Gasteiger partial charge in [0.25, 0.3) is 5.56 Å². The lowest BCUT2D eigenvalue weighted by Gasteiger charge is -2.19. The van der Waals surface area contributed by atoms with Gasteiger partial charge in [-0.15, -0.1) is 0 Å². The molecule has 0 atom stereocenters. The molecular formula is C14H15IN2O2. The number of hydrogen-bond donors (Lipinski definition) is 2. The normalized spacial score (nSPS) is 11.6. The Labute approximate surface area is 125 Å². The Morgan fingerprint density at radius 3 is 2.32 bits per heavy atom. The van der Waals surface area contributed by atoms with Gasteiger partial charge in [0.1, 0.15) is 15.1 Å². The molecule has 0 aliphatic carbocycles. The predicted octanol–water partition coefficient (Wildman–Crippen LogP) is 3.04. The van der Waals surface area contributed by atoms with E-state index in [1.165, 1.54) is 0 Å². The summed E-state index contributed by atoms with van der Waals surface area (Å²) in [4.78, 5) is 19.3. The van der Waals surface area contributed by atoms with Gasteiger partial charge < -0.3 is 10.1 Å². The number of aromatic amines is 1. The van der Waals surface area contributed by atoms with E-state index in [4.69, 9.17) is 0 Å². The molecule has 1 heterocycles. The first-order valence-electron chi connectivity index (χ1n) is 5.89. The predicted molar refractivity (Wildman–Crippen MR) is 83.4 cm³/mol. The summed E-state index contributed by atoms with van der Waals surface area (Å²) in [5.74, 6) is 0.711. The number of aromatic hydroxyl groups is 1. The van der Waals surface area contributed by atoms with Gasteiger partial charge in [-0.25, -0.2) is 4.98 Å². The van der Waals surface area contributed by atoms with E-state index >= 15 is 0 Å². The molecule has 0 saturated heterocycles. The summed E-state index contributed by atoms with van der Waals surface area (Å²) in [6.07, 6.45) is 0. The van der Waals surface area contributed by atoms with Gasteiger partial charge in [-0.2, -0.15) is 0 Å². The quantitative estimate of drug-likeness (QED) is 0.759. The average molecular weight is 370 g/mol. The second-order valence-corrected chi connectivity index (χ2v) is 6.45. The number of aromatic nitrogens is 2.